The minimum absolute atomic E-state index is 0.0831. The Morgan fingerprint density at radius 3 is 2.57 bits per heavy atom. The lowest BCUT2D eigenvalue weighted by atomic mass is 10.1. The molecule has 0 aliphatic carbocycles. The van der Waals surface area contributed by atoms with Crippen molar-refractivity contribution in [1.82, 2.24) is 0 Å². The first-order chi connectivity index (χ1) is 13.6. The predicted molar refractivity (Wildman–Crippen MR) is 116 cm³/mol. The Morgan fingerprint density at radius 2 is 1.79 bits per heavy atom. The lowest BCUT2D eigenvalue weighted by molar-refractivity contribution is -0.115. The predicted octanol–water partition coefficient (Wildman–Crippen LogP) is 6.35. The number of halogens is 2. The van der Waals surface area contributed by atoms with Gasteiger partial charge in [0.1, 0.15) is 17.7 Å². The van der Waals surface area contributed by atoms with Crippen molar-refractivity contribution >= 4 is 46.6 Å². The van der Waals surface area contributed by atoms with Crippen LogP contribution in [0.25, 0.3) is 0 Å². The molecular formula is C22H17Cl2NO2S. The number of nitrogens with zero attached hydrogens (tertiary/aromatic N) is 1. The van der Waals surface area contributed by atoms with Crippen LogP contribution in [-0.4, -0.2) is 11.7 Å². The van der Waals surface area contributed by atoms with E-state index >= 15 is 0 Å². The zero-order valence-corrected chi connectivity index (χ0v) is 17.2. The van der Waals surface area contributed by atoms with Gasteiger partial charge in [-0.15, -0.1) is 11.8 Å². The fourth-order valence-corrected chi connectivity index (χ4v) is 4.57. The van der Waals surface area contributed by atoms with E-state index in [4.69, 9.17) is 27.9 Å². The van der Waals surface area contributed by atoms with Gasteiger partial charge in [0.05, 0.1) is 5.75 Å². The summed E-state index contributed by atoms with van der Waals surface area (Å²) in [5.74, 6) is 1.27. The number of anilines is 1. The molecule has 3 aromatic rings. The first kappa shape index (κ1) is 19.2. The average Bonchev–Trinajstić information content (AvgIpc) is 3.10. The topological polar surface area (TPSA) is 29.5 Å². The molecule has 3 aromatic carbocycles. The molecule has 1 fully saturated rings. The summed E-state index contributed by atoms with van der Waals surface area (Å²) < 4.78 is 5.94. The van der Waals surface area contributed by atoms with E-state index in [2.05, 4.69) is 0 Å². The Labute approximate surface area is 178 Å². The molecule has 6 heteroatoms. The SMILES string of the molecule is O=C1CS[C@@H](c2cccc(OCc3ccccc3Cl)c2)N1c1ccc(Cl)cc1. The minimum atomic E-state index is -0.0995. The van der Waals surface area contributed by atoms with Gasteiger partial charge in [0.2, 0.25) is 5.91 Å². The van der Waals surface area contributed by atoms with Gasteiger partial charge in [-0.2, -0.15) is 0 Å². The maximum absolute atomic E-state index is 12.5. The van der Waals surface area contributed by atoms with Crippen LogP contribution in [-0.2, 0) is 11.4 Å². The van der Waals surface area contributed by atoms with E-state index in [1.165, 1.54) is 0 Å². The summed E-state index contributed by atoms with van der Waals surface area (Å²) in [4.78, 5) is 14.3. The van der Waals surface area contributed by atoms with Gasteiger partial charge in [0, 0.05) is 21.3 Å². The molecule has 4 rings (SSSR count). The molecule has 0 aromatic heterocycles. The van der Waals surface area contributed by atoms with Gasteiger partial charge in [-0.25, -0.2) is 0 Å². The first-order valence-electron chi connectivity index (χ1n) is 8.77. The summed E-state index contributed by atoms with van der Waals surface area (Å²) in [6, 6.07) is 22.8. The van der Waals surface area contributed by atoms with Crippen LogP contribution >= 0.6 is 35.0 Å². The Kier molecular flexibility index (Phi) is 5.81. The summed E-state index contributed by atoms with van der Waals surface area (Å²) in [6.07, 6.45) is 0. The van der Waals surface area contributed by atoms with Gasteiger partial charge >= 0.3 is 0 Å². The quantitative estimate of drug-likeness (QED) is 0.472. The van der Waals surface area contributed by atoms with Crippen LogP contribution in [0.15, 0.2) is 72.8 Å². The van der Waals surface area contributed by atoms with Crippen LogP contribution in [0.3, 0.4) is 0 Å². The third-order valence-corrected chi connectivity index (χ3v) is 6.30. The fraction of sp³-hybridized carbons (Fsp3) is 0.136. The summed E-state index contributed by atoms with van der Waals surface area (Å²) >= 11 is 13.8. The molecule has 1 heterocycles. The third-order valence-electron chi connectivity index (χ3n) is 4.47. The average molecular weight is 430 g/mol. The number of rotatable bonds is 5. The van der Waals surface area contributed by atoms with Gasteiger partial charge in [0.25, 0.3) is 0 Å². The van der Waals surface area contributed by atoms with Crippen molar-refractivity contribution in [2.45, 2.75) is 12.0 Å². The smallest absolute Gasteiger partial charge is 0.238 e. The Hall–Kier alpha value is -2.14. The fourth-order valence-electron chi connectivity index (χ4n) is 3.09. The molecule has 1 saturated heterocycles. The molecule has 28 heavy (non-hydrogen) atoms. The van der Waals surface area contributed by atoms with E-state index in [0.717, 1.165) is 22.6 Å². The van der Waals surface area contributed by atoms with Gasteiger partial charge in [0.15, 0.2) is 0 Å². The second kappa shape index (κ2) is 8.48. The van der Waals surface area contributed by atoms with Crippen molar-refractivity contribution in [3.8, 4) is 5.75 Å². The molecule has 0 saturated carbocycles. The summed E-state index contributed by atoms with van der Waals surface area (Å²) in [6.45, 7) is 0.390. The van der Waals surface area contributed by atoms with Crippen molar-refractivity contribution in [3.63, 3.8) is 0 Å². The molecule has 142 valence electrons. The van der Waals surface area contributed by atoms with E-state index in [1.54, 1.807) is 23.9 Å². The molecule has 1 atom stereocenters. The highest BCUT2D eigenvalue weighted by molar-refractivity contribution is 8.00. The molecule has 0 spiro atoms. The molecule has 1 aliphatic heterocycles. The number of amides is 1. The van der Waals surface area contributed by atoms with Gasteiger partial charge in [-0.05, 0) is 48.0 Å². The molecular weight excluding hydrogens is 413 g/mol. The van der Waals surface area contributed by atoms with Crippen molar-refractivity contribution in [1.29, 1.82) is 0 Å². The standard InChI is InChI=1S/C22H17Cl2NO2S/c23-17-8-10-18(11-9-17)25-21(26)14-28-22(25)15-5-3-6-19(12-15)27-13-16-4-1-2-7-20(16)24/h1-12,22H,13-14H2/t22-/m0/s1. The summed E-state index contributed by atoms with van der Waals surface area (Å²) in [5, 5.41) is 1.23. The highest BCUT2D eigenvalue weighted by atomic mass is 35.5. The summed E-state index contributed by atoms with van der Waals surface area (Å²) in [7, 11) is 0. The Morgan fingerprint density at radius 1 is 1.00 bits per heavy atom. The van der Waals surface area contributed by atoms with Gasteiger partial charge < -0.3 is 4.74 Å². The largest absolute Gasteiger partial charge is 0.489 e. The molecule has 0 bridgehead atoms. The van der Waals surface area contributed by atoms with E-state index in [1.807, 2.05) is 65.6 Å². The van der Waals surface area contributed by atoms with E-state index in [-0.39, 0.29) is 11.3 Å². The molecule has 0 unspecified atom stereocenters. The van der Waals surface area contributed by atoms with Crippen LogP contribution in [0.4, 0.5) is 5.69 Å². The van der Waals surface area contributed by atoms with Crippen molar-refractivity contribution < 1.29 is 9.53 Å². The first-order valence-corrected chi connectivity index (χ1v) is 10.6. The molecule has 0 N–H and O–H groups in total. The maximum atomic E-state index is 12.5. The van der Waals surface area contributed by atoms with Crippen LogP contribution in [0, 0.1) is 0 Å². The van der Waals surface area contributed by atoms with E-state index < -0.39 is 0 Å². The third kappa shape index (κ3) is 4.14. The monoisotopic (exact) mass is 429 g/mol. The number of carbonyl (C=O) groups is 1. The molecule has 1 amide bonds. The number of ether oxygens (including phenoxy) is 1. The normalized spacial score (nSPS) is 16.4. The highest BCUT2D eigenvalue weighted by Crippen LogP contribution is 2.42. The van der Waals surface area contributed by atoms with Crippen molar-refractivity contribution in [3.05, 3.63) is 94.0 Å². The number of thioether (sulfide) groups is 1. The number of benzene rings is 3. The summed E-state index contributed by atoms with van der Waals surface area (Å²) in [5.41, 5.74) is 2.79. The molecule has 1 aliphatic rings. The number of hydrogen-bond donors (Lipinski definition) is 0. The van der Waals surface area contributed by atoms with Crippen LogP contribution in [0.2, 0.25) is 10.0 Å². The lowest BCUT2D eigenvalue weighted by Gasteiger charge is -2.24. The minimum Gasteiger partial charge on any atom is -0.489 e. The molecule has 0 radical (unpaired) electrons. The van der Waals surface area contributed by atoms with E-state index in [9.17, 15) is 4.79 Å². The van der Waals surface area contributed by atoms with E-state index in [0.29, 0.717) is 22.4 Å². The Bertz CT molecular complexity index is 994. The lowest BCUT2D eigenvalue weighted by Crippen LogP contribution is -2.27. The van der Waals surface area contributed by atoms with Crippen LogP contribution in [0.1, 0.15) is 16.5 Å². The number of hydrogen-bond acceptors (Lipinski definition) is 3. The maximum Gasteiger partial charge on any atom is 0.238 e. The number of carbonyl (C=O) groups excluding carboxylic acids is 1. The second-order valence-electron chi connectivity index (χ2n) is 6.36. The van der Waals surface area contributed by atoms with Crippen molar-refractivity contribution in [2.24, 2.45) is 0 Å². The van der Waals surface area contributed by atoms with Crippen LogP contribution < -0.4 is 9.64 Å². The highest BCUT2D eigenvalue weighted by Gasteiger charge is 2.34. The second-order valence-corrected chi connectivity index (χ2v) is 8.27. The Balaban J connectivity index is 1.55. The van der Waals surface area contributed by atoms with Gasteiger partial charge in [-0.1, -0.05) is 53.5 Å². The zero-order chi connectivity index (χ0) is 19.5. The van der Waals surface area contributed by atoms with Crippen molar-refractivity contribution in [2.75, 3.05) is 10.7 Å². The van der Waals surface area contributed by atoms with Gasteiger partial charge in [-0.3, -0.25) is 9.69 Å². The molecule has 3 nitrogen and oxygen atoms in total. The van der Waals surface area contributed by atoms with Crippen LogP contribution in [0.5, 0.6) is 5.75 Å². The zero-order valence-electron chi connectivity index (χ0n) is 14.8.